The molecule has 240 valence electrons. The molecule has 1 saturated heterocycles. The fraction of sp³-hybridized carbons (Fsp3) is 0.400. The van der Waals surface area contributed by atoms with Gasteiger partial charge in [-0.2, -0.15) is 0 Å². The van der Waals surface area contributed by atoms with Gasteiger partial charge < -0.3 is 14.4 Å². The zero-order chi connectivity index (χ0) is 32.4. The summed E-state index contributed by atoms with van der Waals surface area (Å²) in [6.07, 6.45) is 4.94. The molecule has 0 bridgehead atoms. The van der Waals surface area contributed by atoms with Crippen LogP contribution in [0.3, 0.4) is 0 Å². The Hall–Kier alpha value is -3.37. The normalized spacial score (nSPS) is 15.4. The average molecular weight is 650 g/mol. The van der Waals surface area contributed by atoms with Gasteiger partial charge in [0.05, 0.1) is 16.1 Å². The lowest BCUT2D eigenvalue weighted by molar-refractivity contribution is -0.130. The highest BCUT2D eigenvalue weighted by molar-refractivity contribution is 7.92. The molecule has 0 unspecified atom stereocenters. The highest BCUT2D eigenvalue weighted by Gasteiger charge is 2.37. The van der Waals surface area contributed by atoms with Crippen LogP contribution < -0.4 is 4.72 Å². The number of amides is 1. The van der Waals surface area contributed by atoms with Crippen LogP contribution in [0.2, 0.25) is 5.02 Å². The van der Waals surface area contributed by atoms with Gasteiger partial charge in [0.2, 0.25) is 5.91 Å². The van der Waals surface area contributed by atoms with Gasteiger partial charge in [0.15, 0.2) is 0 Å². The summed E-state index contributed by atoms with van der Waals surface area (Å²) >= 11 is 6.18. The average Bonchev–Trinajstić information content (AvgIpc) is 3.40. The first kappa shape index (κ1) is 33.0. The number of likely N-dealkylation sites (tertiary alicyclic amines) is 1. The lowest BCUT2D eigenvalue weighted by Gasteiger charge is -2.46. The van der Waals surface area contributed by atoms with Gasteiger partial charge in [-0.3, -0.25) is 14.4 Å². The maximum absolute atomic E-state index is 13.2. The number of rotatable bonds is 11. The molecule has 1 aliphatic heterocycles. The van der Waals surface area contributed by atoms with Crippen LogP contribution >= 0.6 is 11.6 Å². The molecule has 3 aromatic carbocycles. The SMILES string of the molecule is Cc1cc(S(=O)(=O)Nc2ccc3ccn(CC(=O)N(C)CCCN4CCC(c5ccccc5)(N(C)C)CC4)c3c2)c(C)cc1Cl. The molecule has 0 aliphatic carbocycles. The molecule has 1 aromatic heterocycles. The van der Waals surface area contributed by atoms with E-state index in [9.17, 15) is 13.2 Å². The summed E-state index contributed by atoms with van der Waals surface area (Å²) < 4.78 is 31.0. The zero-order valence-corrected chi connectivity index (χ0v) is 28.5. The topological polar surface area (TPSA) is 77.9 Å². The maximum Gasteiger partial charge on any atom is 0.262 e. The first-order valence-corrected chi connectivity index (χ1v) is 17.3. The molecular weight excluding hydrogens is 606 g/mol. The molecule has 1 amide bonds. The Labute approximate surface area is 272 Å². The number of nitrogens with zero attached hydrogens (tertiary/aromatic N) is 4. The predicted octanol–water partition coefficient (Wildman–Crippen LogP) is 6.11. The largest absolute Gasteiger partial charge is 0.344 e. The monoisotopic (exact) mass is 649 g/mol. The van der Waals surface area contributed by atoms with Crippen LogP contribution in [-0.2, 0) is 26.9 Å². The molecule has 5 rings (SSSR count). The standard InChI is InChI=1S/C35H44ClN5O3S/c1-26-23-33(27(2)22-31(26)36)45(43,44)37-30-13-12-28-14-19-41(32(28)24-30)25-34(42)39(5)17-9-18-40-20-15-35(16-21-40,38(3)4)29-10-7-6-8-11-29/h6-8,10-14,19,22-24,37H,9,15-18,20-21,25H2,1-5H3. The number of likely N-dealkylation sites (N-methyl/N-ethyl adjacent to an activating group) is 1. The maximum atomic E-state index is 13.2. The van der Waals surface area contributed by atoms with Crippen molar-refractivity contribution in [2.24, 2.45) is 0 Å². The van der Waals surface area contributed by atoms with E-state index in [1.807, 2.05) is 29.9 Å². The zero-order valence-electron chi connectivity index (χ0n) is 26.9. The van der Waals surface area contributed by atoms with E-state index in [0.717, 1.165) is 49.8 Å². The van der Waals surface area contributed by atoms with Crippen molar-refractivity contribution in [3.63, 3.8) is 0 Å². The molecule has 2 heterocycles. The van der Waals surface area contributed by atoms with Crippen LogP contribution in [0, 0.1) is 13.8 Å². The number of hydrogen-bond acceptors (Lipinski definition) is 5. The van der Waals surface area contributed by atoms with E-state index in [0.29, 0.717) is 28.4 Å². The van der Waals surface area contributed by atoms with Gasteiger partial charge in [0.25, 0.3) is 10.0 Å². The lowest BCUT2D eigenvalue weighted by atomic mass is 9.80. The minimum atomic E-state index is -3.83. The van der Waals surface area contributed by atoms with E-state index in [2.05, 4.69) is 58.9 Å². The van der Waals surface area contributed by atoms with Gasteiger partial charge in [0.1, 0.15) is 6.54 Å². The summed E-state index contributed by atoms with van der Waals surface area (Å²) in [4.78, 5) is 20.1. The second kappa shape index (κ2) is 13.5. The number of halogens is 1. The molecule has 0 saturated carbocycles. The summed E-state index contributed by atoms with van der Waals surface area (Å²) in [6.45, 7) is 7.38. The van der Waals surface area contributed by atoms with Crippen LogP contribution in [0.5, 0.6) is 0 Å². The quantitative estimate of drug-likeness (QED) is 0.212. The van der Waals surface area contributed by atoms with Crippen molar-refractivity contribution in [2.45, 2.75) is 50.1 Å². The molecule has 45 heavy (non-hydrogen) atoms. The number of nitrogens with one attached hydrogen (secondary N) is 1. The Morgan fingerprint density at radius 2 is 1.67 bits per heavy atom. The van der Waals surface area contributed by atoms with Crippen molar-refractivity contribution in [3.8, 4) is 0 Å². The molecule has 0 radical (unpaired) electrons. The molecule has 1 N–H and O–H groups in total. The van der Waals surface area contributed by atoms with Crippen molar-refractivity contribution in [3.05, 3.63) is 94.6 Å². The molecular formula is C35H44ClN5O3S. The molecule has 0 spiro atoms. The Morgan fingerprint density at radius 3 is 2.36 bits per heavy atom. The van der Waals surface area contributed by atoms with Crippen molar-refractivity contribution >= 4 is 44.1 Å². The van der Waals surface area contributed by atoms with Crippen molar-refractivity contribution in [1.29, 1.82) is 0 Å². The molecule has 4 aromatic rings. The van der Waals surface area contributed by atoms with Crippen LogP contribution in [0.25, 0.3) is 10.9 Å². The number of fused-ring (bicyclic) bond motifs is 1. The number of hydrogen-bond donors (Lipinski definition) is 1. The minimum Gasteiger partial charge on any atom is -0.344 e. The number of anilines is 1. The summed E-state index contributed by atoms with van der Waals surface area (Å²) in [7, 11) is 2.39. The Bertz CT molecular complexity index is 1760. The van der Waals surface area contributed by atoms with Crippen molar-refractivity contribution in [1.82, 2.24) is 19.3 Å². The highest BCUT2D eigenvalue weighted by atomic mass is 35.5. The fourth-order valence-electron chi connectivity index (χ4n) is 6.45. The first-order valence-electron chi connectivity index (χ1n) is 15.5. The number of carbonyl (C=O) groups is 1. The molecule has 8 nitrogen and oxygen atoms in total. The number of aromatic nitrogens is 1. The van der Waals surface area contributed by atoms with Gasteiger partial charge in [-0.15, -0.1) is 0 Å². The second-order valence-electron chi connectivity index (χ2n) is 12.5. The van der Waals surface area contributed by atoms with E-state index >= 15 is 0 Å². The minimum absolute atomic E-state index is 0.0140. The van der Waals surface area contributed by atoms with E-state index in [1.54, 1.807) is 43.0 Å². The van der Waals surface area contributed by atoms with E-state index in [-0.39, 0.29) is 22.9 Å². The van der Waals surface area contributed by atoms with Gasteiger partial charge in [-0.1, -0.05) is 48.0 Å². The second-order valence-corrected chi connectivity index (χ2v) is 14.6. The van der Waals surface area contributed by atoms with Gasteiger partial charge in [-0.25, -0.2) is 8.42 Å². The first-order chi connectivity index (χ1) is 21.4. The van der Waals surface area contributed by atoms with Crippen molar-refractivity contribution < 1.29 is 13.2 Å². The molecule has 1 aliphatic rings. The highest BCUT2D eigenvalue weighted by Crippen LogP contribution is 2.37. The third kappa shape index (κ3) is 7.22. The predicted molar refractivity (Wildman–Crippen MR) is 183 cm³/mol. The smallest absolute Gasteiger partial charge is 0.262 e. The number of benzene rings is 3. The molecule has 10 heteroatoms. The third-order valence-corrected chi connectivity index (χ3v) is 11.3. The lowest BCUT2D eigenvalue weighted by Crippen LogP contribution is -2.50. The summed E-state index contributed by atoms with van der Waals surface area (Å²) in [5.41, 5.74) is 3.94. The Balaban J connectivity index is 1.16. The van der Waals surface area contributed by atoms with E-state index in [1.165, 1.54) is 5.56 Å². The summed E-state index contributed by atoms with van der Waals surface area (Å²) in [5, 5.41) is 1.46. The van der Waals surface area contributed by atoms with Gasteiger partial charge >= 0.3 is 0 Å². The van der Waals surface area contributed by atoms with Crippen LogP contribution in [0.15, 0.2) is 77.8 Å². The molecule has 0 atom stereocenters. The van der Waals surface area contributed by atoms with Gasteiger partial charge in [0, 0.05) is 43.4 Å². The van der Waals surface area contributed by atoms with Crippen LogP contribution in [0.1, 0.15) is 36.0 Å². The third-order valence-electron chi connectivity index (χ3n) is 9.32. The van der Waals surface area contributed by atoms with E-state index in [4.69, 9.17) is 11.6 Å². The number of aryl methyl sites for hydroxylation is 2. The van der Waals surface area contributed by atoms with Crippen LogP contribution in [-0.4, -0.2) is 80.9 Å². The summed E-state index contributed by atoms with van der Waals surface area (Å²) in [6, 6.07) is 21.4. The Kier molecular flexibility index (Phi) is 9.94. The fourth-order valence-corrected chi connectivity index (χ4v) is 8.03. The summed E-state index contributed by atoms with van der Waals surface area (Å²) in [5.74, 6) is 0.0140. The Morgan fingerprint density at radius 1 is 0.956 bits per heavy atom. The molecule has 1 fully saturated rings. The number of piperidine rings is 1. The number of sulfonamides is 1. The van der Waals surface area contributed by atoms with Gasteiger partial charge in [-0.05, 0) is 106 Å². The van der Waals surface area contributed by atoms with Crippen LogP contribution in [0.4, 0.5) is 5.69 Å². The van der Waals surface area contributed by atoms with Crippen molar-refractivity contribution in [2.75, 3.05) is 52.0 Å². The number of carbonyl (C=O) groups excluding carboxylic acids is 1. The van der Waals surface area contributed by atoms with E-state index < -0.39 is 10.0 Å².